The molecule has 0 amide bonds. The van der Waals surface area contributed by atoms with E-state index in [1.807, 2.05) is 19.9 Å². The summed E-state index contributed by atoms with van der Waals surface area (Å²) >= 11 is 0. The molecule has 0 radical (unpaired) electrons. The van der Waals surface area contributed by atoms with E-state index in [-0.39, 0.29) is 11.7 Å². The SMILES string of the molecule is CC(C)[C@@H](O)C(=O)c1ccccc1. The first-order valence-corrected chi connectivity index (χ1v) is 4.40. The number of hydrogen-bond donors (Lipinski definition) is 1. The van der Waals surface area contributed by atoms with Gasteiger partial charge in [0, 0.05) is 5.56 Å². The first-order chi connectivity index (χ1) is 6.13. The third-order valence-electron chi connectivity index (χ3n) is 1.96. The smallest absolute Gasteiger partial charge is 0.191 e. The number of hydrogen-bond acceptors (Lipinski definition) is 2. The third kappa shape index (κ3) is 2.39. The standard InChI is InChI=1S/C11H14O2/c1-8(2)10(12)11(13)9-6-4-3-5-7-9/h3-8,10,12H,1-2H3/t10-/m1/s1. The summed E-state index contributed by atoms with van der Waals surface area (Å²) in [5, 5.41) is 9.50. The molecule has 1 N–H and O–H groups in total. The van der Waals surface area contributed by atoms with Crippen molar-refractivity contribution >= 4 is 5.78 Å². The first kappa shape index (κ1) is 9.93. The van der Waals surface area contributed by atoms with Gasteiger partial charge in [0.15, 0.2) is 5.78 Å². The monoisotopic (exact) mass is 178 g/mol. The molecule has 0 saturated heterocycles. The predicted octanol–water partition coefficient (Wildman–Crippen LogP) is 1.89. The average molecular weight is 178 g/mol. The zero-order chi connectivity index (χ0) is 9.84. The van der Waals surface area contributed by atoms with Crippen molar-refractivity contribution in [1.29, 1.82) is 0 Å². The number of ketones is 1. The Kier molecular flexibility index (Phi) is 3.20. The van der Waals surface area contributed by atoms with Crippen LogP contribution in [-0.4, -0.2) is 17.0 Å². The molecular weight excluding hydrogens is 164 g/mol. The maximum atomic E-state index is 11.5. The minimum atomic E-state index is -0.887. The molecule has 2 heteroatoms. The molecule has 0 aromatic heterocycles. The summed E-state index contributed by atoms with van der Waals surface area (Å²) in [5.74, 6) is -0.233. The maximum absolute atomic E-state index is 11.5. The van der Waals surface area contributed by atoms with Crippen LogP contribution in [-0.2, 0) is 0 Å². The van der Waals surface area contributed by atoms with Crippen LogP contribution in [0.3, 0.4) is 0 Å². The molecule has 1 aromatic rings. The van der Waals surface area contributed by atoms with Gasteiger partial charge in [0.1, 0.15) is 6.10 Å². The number of rotatable bonds is 3. The number of aliphatic hydroxyl groups is 1. The fraction of sp³-hybridized carbons (Fsp3) is 0.364. The van der Waals surface area contributed by atoms with Gasteiger partial charge < -0.3 is 5.11 Å². The normalized spacial score (nSPS) is 12.9. The molecule has 0 unspecified atom stereocenters. The summed E-state index contributed by atoms with van der Waals surface area (Å²) < 4.78 is 0. The number of carbonyl (C=O) groups excluding carboxylic acids is 1. The lowest BCUT2D eigenvalue weighted by Gasteiger charge is -2.12. The molecule has 0 heterocycles. The Bertz CT molecular complexity index is 277. The van der Waals surface area contributed by atoms with E-state index in [4.69, 9.17) is 0 Å². The van der Waals surface area contributed by atoms with Crippen molar-refractivity contribution in [3.8, 4) is 0 Å². The second-order valence-electron chi connectivity index (χ2n) is 3.42. The third-order valence-corrected chi connectivity index (χ3v) is 1.96. The van der Waals surface area contributed by atoms with Crippen molar-refractivity contribution in [2.45, 2.75) is 20.0 Å². The second kappa shape index (κ2) is 4.19. The largest absolute Gasteiger partial charge is 0.385 e. The Morgan fingerprint density at radius 2 is 1.77 bits per heavy atom. The van der Waals surface area contributed by atoms with Gasteiger partial charge in [-0.2, -0.15) is 0 Å². The summed E-state index contributed by atoms with van der Waals surface area (Å²) in [5.41, 5.74) is 0.573. The number of aliphatic hydroxyl groups excluding tert-OH is 1. The Morgan fingerprint density at radius 3 is 2.23 bits per heavy atom. The van der Waals surface area contributed by atoms with Gasteiger partial charge in [-0.3, -0.25) is 4.79 Å². The van der Waals surface area contributed by atoms with Crippen LogP contribution in [0.2, 0.25) is 0 Å². The van der Waals surface area contributed by atoms with Gasteiger partial charge in [0.25, 0.3) is 0 Å². The van der Waals surface area contributed by atoms with E-state index in [9.17, 15) is 9.90 Å². The van der Waals surface area contributed by atoms with Crippen LogP contribution in [0.1, 0.15) is 24.2 Å². The van der Waals surface area contributed by atoms with Gasteiger partial charge in [-0.1, -0.05) is 44.2 Å². The van der Waals surface area contributed by atoms with Crippen LogP contribution < -0.4 is 0 Å². The molecule has 0 bridgehead atoms. The molecule has 0 aliphatic heterocycles. The number of Topliss-reactive ketones (excluding diaryl/α,β-unsaturated/α-hetero) is 1. The van der Waals surface area contributed by atoms with Crippen molar-refractivity contribution in [2.75, 3.05) is 0 Å². The molecule has 0 aliphatic carbocycles. The van der Waals surface area contributed by atoms with Crippen LogP contribution in [0.25, 0.3) is 0 Å². The zero-order valence-corrected chi connectivity index (χ0v) is 7.90. The number of carbonyl (C=O) groups is 1. The van der Waals surface area contributed by atoms with Crippen LogP contribution in [0.4, 0.5) is 0 Å². The molecular formula is C11H14O2. The van der Waals surface area contributed by atoms with E-state index in [0.717, 1.165) is 0 Å². The van der Waals surface area contributed by atoms with Gasteiger partial charge in [-0.15, -0.1) is 0 Å². The highest BCUT2D eigenvalue weighted by Crippen LogP contribution is 2.09. The zero-order valence-electron chi connectivity index (χ0n) is 7.90. The average Bonchev–Trinajstić information content (AvgIpc) is 2.17. The molecule has 1 rings (SSSR count). The first-order valence-electron chi connectivity index (χ1n) is 4.40. The summed E-state index contributed by atoms with van der Waals surface area (Å²) in [4.78, 5) is 11.5. The maximum Gasteiger partial charge on any atom is 0.191 e. The molecule has 1 aromatic carbocycles. The molecule has 70 valence electrons. The molecule has 0 aliphatic rings. The van der Waals surface area contributed by atoms with Crippen LogP contribution in [0.15, 0.2) is 30.3 Å². The molecule has 2 nitrogen and oxygen atoms in total. The van der Waals surface area contributed by atoms with E-state index >= 15 is 0 Å². The van der Waals surface area contributed by atoms with E-state index in [1.165, 1.54) is 0 Å². The van der Waals surface area contributed by atoms with E-state index < -0.39 is 6.10 Å². The van der Waals surface area contributed by atoms with Crippen molar-refractivity contribution in [1.82, 2.24) is 0 Å². The van der Waals surface area contributed by atoms with Gasteiger partial charge >= 0.3 is 0 Å². The Morgan fingerprint density at radius 1 is 1.23 bits per heavy atom. The van der Waals surface area contributed by atoms with Crippen molar-refractivity contribution in [3.05, 3.63) is 35.9 Å². The highest BCUT2D eigenvalue weighted by atomic mass is 16.3. The molecule has 0 saturated carbocycles. The quantitative estimate of drug-likeness (QED) is 0.717. The van der Waals surface area contributed by atoms with Gasteiger partial charge in [0.2, 0.25) is 0 Å². The number of benzene rings is 1. The minimum absolute atomic E-state index is 0.0345. The Labute approximate surface area is 78.2 Å². The fourth-order valence-electron chi connectivity index (χ4n) is 1.08. The van der Waals surface area contributed by atoms with Crippen LogP contribution in [0.5, 0.6) is 0 Å². The van der Waals surface area contributed by atoms with Crippen molar-refractivity contribution < 1.29 is 9.90 Å². The summed E-state index contributed by atoms with van der Waals surface area (Å²) in [6.07, 6.45) is -0.887. The Hall–Kier alpha value is -1.15. The van der Waals surface area contributed by atoms with E-state index in [1.54, 1.807) is 24.3 Å². The summed E-state index contributed by atoms with van der Waals surface area (Å²) in [6.45, 7) is 3.65. The molecule has 1 atom stereocenters. The second-order valence-corrected chi connectivity index (χ2v) is 3.42. The summed E-state index contributed by atoms with van der Waals surface area (Å²) in [6, 6.07) is 8.86. The predicted molar refractivity (Wildman–Crippen MR) is 51.6 cm³/mol. The molecule has 13 heavy (non-hydrogen) atoms. The van der Waals surface area contributed by atoms with E-state index in [0.29, 0.717) is 5.56 Å². The van der Waals surface area contributed by atoms with Crippen molar-refractivity contribution in [3.63, 3.8) is 0 Å². The van der Waals surface area contributed by atoms with E-state index in [2.05, 4.69) is 0 Å². The van der Waals surface area contributed by atoms with Crippen molar-refractivity contribution in [2.24, 2.45) is 5.92 Å². The lowest BCUT2D eigenvalue weighted by molar-refractivity contribution is 0.0648. The summed E-state index contributed by atoms with van der Waals surface area (Å²) in [7, 11) is 0. The van der Waals surface area contributed by atoms with Crippen LogP contribution in [0, 0.1) is 5.92 Å². The lowest BCUT2D eigenvalue weighted by Crippen LogP contribution is -2.25. The molecule has 0 spiro atoms. The molecule has 0 fully saturated rings. The highest BCUT2D eigenvalue weighted by molar-refractivity contribution is 5.99. The van der Waals surface area contributed by atoms with Gasteiger partial charge in [-0.05, 0) is 5.92 Å². The fourth-order valence-corrected chi connectivity index (χ4v) is 1.08. The van der Waals surface area contributed by atoms with Crippen LogP contribution >= 0.6 is 0 Å². The minimum Gasteiger partial charge on any atom is -0.385 e. The lowest BCUT2D eigenvalue weighted by atomic mass is 9.98. The topological polar surface area (TPSA) is 37.3 Å². The van der Waals surface area contributed by atoms with Gasteiger partial charge in [0.05, 0.1) is 0 Å². The Balaban J connectivity index is 2.80. The highest BCUT2D eigenvalue weighted by Gasteiger charge is 2.19. The van der Waals surface area contributed by atoms with Gasteiger partial charge in [-0.25, -0.2) is 0 Å².